The summed E-state index contributed by atoms with van der Waals surface area (Å²) in [5.74, 6) is -0.902. The third-order valence-electron chi connectivity index (χ3n) is 3.29. The molecular formula is C15H26O8. The van der Waals surface area contributed by atoms with Crippen LogP contribution in [-0.2, 0) is 38.0 Å². The lowest BCUT2D eigenvalue weighted by atomic mass is 9.98. The molecule has 23 heavy (non-hydrogen) atoms. The van der Waals surface area contributed by atoms with Crippen LogP contribution in [0.1, 0.15) is 27.7 Å². The Balaban J connectivity index is 3.02. The number of esters is 2. The van der Waals surface area contributed by atoms with Crippen LogP contribution in [0.25, 0.3) is 0 Å². The van der Waals surface area contributed by atoms with Gasteiger partial charge in [-0.05, 0) is 13.8 Å². The Labute approximate surface area is 136 Å². The molecule has 0 N–H and O–H groups in total. The number of methoxy groups -OCH3 is 1. The van der Waals surface area contributed by atoms with Crippen LogP contribution >= 0.6 is 0 Å². The van der Waals surface area contributed by atoms with Gasteiger partial charge in [-0.2, -0.15) is 0 Å². The standard InChI is InChI=1S/C15H26O8/c1-6-19-12-11(8-21-9(3)16)23-15(18-5)14(20-7-2)13(12)22-10(4)17/h11-15H,6-8H2,1-5H3/t11-,12-,13+,14+,15+/m1/s1. The van der Waals surface area contributed by atoms with Crippen molar-refractivity contribution in [3.63, 3.8) is 0 Å². The molecule has 1 heterocycles. The fourth-order valence-electron chi connectivity index (χ4n) is 2.49. The normalized spacial score (nSPS) is 30.7. The highest BCUT2D eigenvalue weighted by Crippen LogP contribution is 2.29. The van der Waals surface area contributed by atoms with Crippen molar-refractivity contribution in [3.05, 3.63) is 0 Å². The van der Waals surface area contributed by atoms with Crippen LogP contribution < -0.4 is 0 Å². The van der Waals surface area contributed by atoms with Gasteiger partial charge >= 0.3 is 11.9 Å². The van der Waals surface area contributed by atoms with Crippen molar-refractivity contribution in [1.82, 2.24) is 0 Å². The monoisotopic (exact) mass is 334 g/mol. The minimum atomic E-state index is -0.767. The summed E-state index contributed by atoms with van der Waals surface area (Å²) in [6, 6.07) is 0. The number of hydrogen-bond acceptors (Lipinski definition) is 8. The molecule has 8 heteroatoms. The lowest BCUT2D eigenvalue weighted by Crippen LogP contribution is -2.62. The Kier molecular flexibility index (Phi) is 8.46. The van der Waals surface area contributed by atoms with Gasteiger partial charge in [-0.25, -0.2) is 0 Å². The average Bonchev–Trinajstić information content (AvgIpc) is 2.49. The molecule has 1 aliphatic rings. The highest BCUT2D eigenvalue weighted by molar-refractivity contribution is 5.66. The van der Waals surface area contributed by atoms with Crippen LogP contribution in [0.5, 0.6) is 0 Å². The summed E-state index contributed by atoms with van der Waals surface area (Å²) in [5.41, 5.74) is 0. The summed E-state index contributed by atoms with van der Waals surface area (Å²) in [6.45, 7) is 6.97. The number of carbonyl (C=O) groups is 2. The molecule has 0 aromatic heterocycles. The second kappa shape index (κ2) is 9.82. The van der Waals surface area contributed by atoms with E-state index in [4.69, 9.17) is 28.4 Å². The zero-order chi connectivity index (χ0) is 17.4. The van der Waals surface area contributed by atoms with Gasteiger partial charge in [-0.1, -0.05) is 0 Å². The maximum absolute atomic E-state index is 11.5. The van der Waals surface area contributed by atoms with E-state index in [0.717, 1.165) is 0 Å². The van der Waals surface area contributed by atoms with E-state index in [1.807, 2.05) is 13.8 Å². The maximum Gasteiger partial charge on any atom is 0.303 e. The van der Waals surface area contributed by atoms with Gasteiger partial charge in [0.2, 0.25) is 0 Å². The van der Waals surface area contributed by atoms with E-state index in [1.54, 1.807) is 0 Å². The first-order valence-corrected chi connectivity index (χ1v) is 7.66. The van der Waals surface area contributed by atoms with Crippen molar-refractivity contribution >= 4 is 11.9 Å². The SMILES string of the molecule is CCO[C@@H]1[C@@H](OC)O[C@H](COC(C)=O)[C@@H](OCC)[C@@H]1OC(C)=O. The molecule has 1 rings (SSSR count). The van der Waals surface area contributed by atoms with E-state index in [0.29, 0.717) is 13.2 Å². The third-order valence-corrected chi connectivity index (χ3v) is 3.29. The fourth-order valence-corrected chi connectivity index (χ4v) is 2.49. The molecule has 0 unspecified atom stereocenters. The molecule has 0 bridgehead atoms. The van der Waals surface area contributed by atoms with Crippen molar-refractivity contribution in [1.29, 1.82) is 0 Å². The Morgan fingerprint density at radius 1 is 0.957 bits per heavy atom. The van der Waals surface area contributed by atoms with E-state index >= 15 is 0 Å². The first-order valence-electron chi connectivity index (χ1n) is 7.66. The quantitative estimate of drug-likeness (QED) is 0.598. The molecule has 1 saturated heterocycles. The van der Waals surface area contributed by atoms with Crippen molar-refractivity contribution in [2.75, 3.05) is 26.9 Å². The first-order chi connectivity index (χ1) is 10.9. The lowest BCUT2D eigenvalue weighted by molar-refractivity contribution is -0.311. The van der Waals surface area contributed by atoms with Gasteiger partial charge in [-0.15, -0.1) is 0 Å². The number of hydrogen-bond donors (Lipinski definition) is 0. The summed E-state index contributed by atoms with van der Waals surface area (Å²) >= 11 is 0. The molecule has 0 aromatic rings. The minimum Gasteiger partial charge on any atom is -0.463 e. The van der Waals surface area contributed by atoms with Crippen molar-refractivity contribution in [3.8, 4) is 0 Å². The Hall–Kier alpha value is -1.22. The summed E-state index contributed by atoms with van der Waals surface area (Å²) in [5, 5.41) is 0. The van der Waals surface area contributed by atoms with E-state index in [1.165, 1.54) is 21.0 Å². The fraction of sp³-hybridized carbons (Fsp3) is 0.867. The predicted octanol–water partition coefficient (Wildman–Crippen LogP) is 0.663. The van der Waals surface area contributed by atoms with Gasteiger partial charge in [0.15, 0.2) is 12.4 Å². The van der Waals surface area contributed by atoms with Crippen LogP contribution in [0.3, 0.4) is 0 Å². The van der Waals surface area contributed by atoms with E-state index in [2.05, 4.69) is 0 Å². The lowest BCUT2D eigenvalue weighted by Gasteiger charge is -2.44. The van der Waals surface area contributed by atoms with Crippen molar-refractivity contribution in [2.24, 2.45) is 0 Å². The maximum atomic E-state index is 11.5. The molecule has 0 aliphatic carbocycles. The molecule has 0 spiro atoms. The molecule has 0 saturated carbocycles. The third kappa shape index (κ3) is 5.72. The molecule has 0 aromatic carbocycles. The van der Waals surface area contributed by atoms with Gasteiger partial charge in [0, 0.05) is 34.2 Å². The van der Waals surface area contributed by atoms with Crippen molar-refractivity contribution in [2.45, 2.75) is 58.4 Å². The predicted molar refractivity (Wildman–Crippen MR) is 78.7 cm³/mol. The van der Waals surface area contributed by atoms with Crippen LogP contribution in [0.4, 0.5) is 0 Å². The largest absolute Gasteiger partial charge is 0.463 e. The van der Waals surface area contributed by atoms with Crippen LogP contribution in [0.15, 0.2) is 0 Å². The van der Waals surface area contributed by atoms with E-state index < -0.39 is 42.6 Å². The van der Waals surface area contributed by atoms with Crippen LogP contribution in [0, 0.1) is 0 Å². The van der Waals surface area contributed by atoms with Gasteiger partial charge in [0.1, 0.15) is 24.9 Å². The smallest absolute Gasteiger partial charge is 0.303 e. The number of ether oxygens (including phenoxy) is 6. The number of rotatable bonds is 8. The highest BCUT2D eigenvalue weighted by Gasteiger charge is 2.49. The molecule has 8 nitrogen and oxygen atoms in total. The van der Waals surface area contributed by atoms with E-state index in [-0.39, 0.29) is 6.61 Å². The molecule has 5 atom stereocenters. The average molecular weight is 334 g/mol. The summed E-state index contributed by atoms with van der Waals surface area (Å²) in [7, 11) is 1.46. The Morgan fingerprint density at radius 2 is 1.57 bits per heavy atom. The molecule has 0 radical (unpaired) electrons. The van der Waals surface area contributed by atoms with E-state index in [9.17, 15) is 9.59 Å². The highest BCUT2D eigenvalue weighted by atomic mass is 16.7. The van der Waals surface area contributed by atoms with Gasteiger partial charge < -0.3 is 28.4 Å². The first kappa shape index (κ1) is 19.8. The minimum absolute atomic E-state index is 0.0313. The van der Waals surface area contributed by atoms with Gasteiger partial charge in [-0.3, -0.25) is 9.59 Å². The second-order valence-electron chi connectivity index (χ2n) is 5.00. The van der Waals surface area contributed by atoms with Crippen LogP contribution in [-0.4, -0.2) is 69.6 Å². The van der Waals surface area contributed by atoms with Gasteiger partial charge in [0.25, 0.3) is 0 Å². The molecule has 1 fully saturated rings. The summed E-state index contributed by atoms with van der Waals surface area (Å²) in [6.07, 6.45) is -3.40. The zero-order valence-corrected chi connectivity index (χ0v) is 14.3. The molecular weight excluding hydrogens is 308 g/mol. The summed E-state index contributed by atoms with van der Waals surface area (Å²) in [4.78, 5) is 22.5. The molecule has 0 amide bonds. The van der Waals surface area contributed by atoms with Crippen LogP contribution in [0.2, 0.25) is 0 Å². The number of carbonyl (C=O) groups excluding carboxylic acids is 2. The molecule has 134 valence electrons. The Bertz CT molecular complexity index is 386. The zero-order valence-electron chi connectivity index (χ0n) is 14.3. The topological polar surface area (TPSA) is 89.5 Å². The Morgan fingerprint density at radius 3 is 2.04 bits per heavy atom. The summed E-state index contributed by atoms with van der Waals surface area (Å²) < 4.78 is 32.8. The van der Waals surface area contributed by atoms with Gasteiger partial charge in [0.05, 0.1) is 0 Å². The van der Waals surface area contributed by atoms with Crippen molar-refractivity contribution < 1.29 is 38.0 Å². The molecule has 1 aliphatic heterocycles. The second-order valence-corrected chi connectivity index (χ2v) is 5.00.